The highest BCUT2D eigenvalue weighted by atomic mass is 32.2. The lowest BCUT2D eigenvalue weighted by Gasteiger charge is -2.23. The zero-order valence-corrected chi connectivity index (χ0v) is 16.8. The summed E-state index contributed by atoms with van der Waals surface area (Å²) in [6.45, 7) is 1.61. The molecule has 0 radical (unpaired) electrons. The summed E-state index contributed by atoms with van der Waals surface area (Å²) in [5.41, 5.74) is 1.02. The number of esters is 1. The molecule has 28 heavy (non-hydrogen) atoms. The molecule has 2 aliphatic heterocycles. The summed E-state index contributed by atoms with van der Waals surface area (Å²) >= 11 is 1.30. The van der Waals surface area contributed by atoms with Crippen LogP contribution in [0.1, 0.15) is 28.6 Å². The van der Waals surface area contributed by atoms with Crippen molar-refractivity contribution in [3.8, 4) is 16.2 Å². The van der Waals surface area contributed by atoms with Gasteiger partial charge in [-0.25, -0.2) is 13.2 Å². The molecule has 1 N–H and O–H groups in total. The molecule has 1 fully saturated rings. The van der Waals surface area contributed by atoms with Crippen LogP contribution in [0.3, 0.4) is 0 Å². The molecule has 1 amide bonds. The standard InChI is InChI=1S/C19H19NO6S2/c1-19(6-7-28(23,24)11-19)20-16(21)10-26-18(22)15-8-12-9-25-14-5-3-2-4-13(14)17(12)27-15/h2-5,8H,6-7,9-11H2,1H3,(H,20,21). The topological polar surface area (TPSA) is 98.8 Å². The zero-order valence-electron chi connectivity index (χ0n) is 15.2. The molecule has 1 atom stereocenters. The molecule has 0 spiro atoms. The molecule has 1 aromatic carbocycles. The molecule has 0 saturated carbocycles. The van der Waals surface area contributed by atoms with E-state index in [1.54, 1.807) is 13.0 Å². The lowest BCUT2D eigenvalue weighted by atomic mass is 10.0. The quantitative estimate of drug-likeness (QED) is 0.760. The minimum absolute atomic E-state index is 0.0495. The highest BCUT2D eigenvalue weighted by Crippen LogP contribution is 2.42. The number of hydrogen-bond donors (Lipinski definition) is 1. The molecular formula is C19H19NO6S2. The van der Waals surface area contributed by atoms with E-state index >= 15 is 0 Å². The SMILES string of the molecule is CC1(NC(=O)COC(=O)c2cc3c(s2)-c2ccccc2OC3)CCS(=O)(=O)C1. The van der Waals surface area contributed by atoms with Crippen molar-refractivity contribution in [1.82, 2.24) is 5.32 Å². The van der Waals surface area contributed by atoms with Crippen LogP contribution in [0.15, 0.2) is 30.3 Å². The molecule has 1 unspecified atom stereocenters. The Kier molecular flexibility index (Phi) is 4.67. The van der Waals surface area contributed by atoms with Gasteiger partial charge in [0, 0.05) is 16.0 Å². The van der Waals surface area contributed by atoms with Crippen LogP contribution in [0, 0.1) is 0 Å². The average Bonchev–Trinajstić information content (AvgIpc) is 3.20. The number of hydrogen-bond acceptors (Lipinski definition) is 7. The minimum atomic E-state index is -3.13. The number of fused-ring (bicyclic) bond motifs is 3. The number of ether oxygens (including phenoxy) is 2. The van der Waals surface area contributed by atoms with Gasteiger partial charge in [-0.15, -0.1) is 11.3 Å². The first-order valence-electron chi connectivity index (χ1n) is 8.78. The van der Waals surface area contributed by atoms with Gasteiger partial charge in [0.25, 0.3) is 5.91 Å². The largest absolute Gasteiger partial charge is 0.488 e. The van der Waals surface area contributed by atoms with Crippen LogP contribution in [-0.2, 0) is 26.0 Å². The van der Waals surface area contributed by atoms with Crippen LogP contribution >= 0.6 is 11.3 Å². The second-order valence-electron chi connectivity index (χ2n) is 7.28. The number of rotatable bonds is 4. The summed E-state index contributed by atoms with van der Waals surface area (Å²) in [6, 6.07) is 9.33. The Morgan fingerprint density at radius 2 is 2.11 bits per heavy atom. The molecular weight excluding hydrogens is 402 g/mol. The van der Waals surface area contributed by atoms with Crippen molar-refractivity contribution in [2.24, 2.45) is 0 Å². The smallest absolute Gasteiger partial charge is 0.348 e. The van der Waals surface area contributed by atoms with Crippen LogP contribution in [0.2, 0.25) is 0 Å². The van der Waals surface area contributed by atoms with Gasteiger partial charge in [0.2, 0.25) is 0 Å². The summed E-state index contributed by atoms with van der Waals surface area (Å²) < 4.78 is 34.1. The van der Waals surface area contributed by atoms with Crippen LogP contribution in [0.25, 0.3) is 10.4 Å². The van der Waals surface area contributed by atoms with Crippen molar-refractivity contribution in [3.63, 3.8) is 0 Å². The van der Waals surface area contributed by atoms with Gasteiger partial charge >= 0.3 is 5.97 Å². The van der Waals surface area contributed by atoms with E-state index in [0.29, 0.717) is 17.9 Å². The highest BCUT2D eigenvalue weighted by Gasteiger charge is 2.39. The van der Waals surface area contributed by atoms with Crippen molar-refractivity contribution in [3.05, 3.63) is 40.8 Å². The first kappa shape index (κ1) is 18.9. The Labute approximate surface area is 166 Å². The van der Waals surface area contributed by atoms with Crippen molar-refractivity contribution in [2.75, 3.05) is 18.1 Å². The molecule has 2 aromatic rings. The minimum Gasteiger partial charge on any atom is -0.488 e. The van der Waals surface area contributed by atoms with E-state index in [4.69, 9.17) is 9.47 Å². The van der Waals surface area contributed by atoms with E-state index in [9.17, 15) is 18.0 Å². The molecule has 0 bridgehead atoms. The monoisotopic (exact) mass is 421 g/mol. The van der Waals surface area contributed by atoms with Crippen LogP contribution in [0.4, 0.5) is 0 Å². The molecule has 3 heterocycles. The Morgan fingerprint density at radius 1 is 1.32 bits per heavy atom. The molecule has 1 aromatic heterocycles. The fourth-order valence-corrected chi connectivity index (χ4v) is 6.67. The molecule has 7 nitrogen and oxygen atoms in total. The fraction of sp³-hybridized carbons (Fsp3) is 0.368. The first-order chi connectivity index (χ1) is 13.2. The Hall–Kier alpha value is -2.39. The lowest BCUT2D eigenvalue weighted by molar-refractivity contribution is -0.125. The normalized spacial score (nSPS) is 21.9. The Balaban J connectivity index is 1.39. The summed E-state index contributed by atoms with van der Waals surface area (Å²) in [6.07, 6.45) is 0.353. The van der Waals surface area contributed by atoms with Gasteiger partial charge in [-0.05, 0) is 31.5 Å². The van der Waals surface area contributed by atoms with E-state index < -0.39 is 33.9 Å². The van der Waals surface area contributed by atoms with Gasteiger partial charge in [0.05, 0.1) is 17.0 Å². The number of thiophene rings is 1. The van der Waals surface area contributed by atoms with E-state index in [1.165, 1.54) is 11.3 Å². The van der Waals surface area contributed by atoms with Gasteiger partial charge in [0.15, 0.2) is 16.4 Å². The molecule has 9 heteroatoms. The van der Waals surface area contributed by atoms with E-state index in [1.807, 2.05) is 24.3 Å². The molecule has 2 aliphatic rings. The number of para-hydroxylation sites is 1. The van der Waals surface area contributed by atoms with Crippen LogP contribution in [-0.4, -0.2) is 43.9 Å². The second kappa shape index (κ2) is 6.89. The van der Waals surface area contributed by atoms with Crippen molar-refractivity contribution in [2.45, 2.75) is 25.5 Å². The highest BCUT2D eigenvalue weighted by molar-refractivity contribution is 7.91. The van der Waals surface area contributed by atoms with Crippen LogP contribution < -0.4 is 10.1 Å². The van der Waals surface area contributed by atoms with Crippen molar-refractivity contribution >= 4 is 33.1 Å². The third-order valence-corrected chi connectivity index (χ3v) is 7.90. The maximum Gasteiger partial charge on any atom is 0.348 e. The Morgan fingerprint density at radius 3 is 2.86 bits per heavy atom. The van der Waals surface area contributed by atoms with Crippen molar-refractivity contribution in [1.29, 1.82) is 0 Å². The number of sulfone groups is 1. The van der Waals surface area contributed by atoms with Gasteiger partial charge in [-0.1, -0.05) is 12.1 Å². The van der Waals surface area contributed by atoms with Gasteiger partial charge in [0.1, 0.15) is 17.2 Å². The van der Waals surface area contributed by atoms with Crippen molar-refractivity contribution < 1.29 is 27.5 Å². The van der Waals surface area contributed by atoms with Crippen LogP contribution in [0.5, 0.6) is 5.75 Å². The summed E-state index contributed by atoms with van der Waals surface area (Å²) in [7, 11) is -3.13. The summed E-state index contributed by atoms with van der Waals surface area (Å²) in [5.74, 6) is -0.375. The number of carbonyl (C=O) groups excluding carboxylic acids is 2. The van der Waals surface area contributed by atoms with E-state index in [-0.39, 0.29) is 11.5 Å². The Bertz CT molecular complexity index is 1060. The maximum atomic E-state index is 12.4. The zero-order chi connectivity index (χ0) is 19.9. The number of nitrogens with one attached hydrogen (secondary N) is 1. The number of benzene rings is 1. The van der Waals surface area contributed by atoms with Gasteiger partial charge in [-0.2, -0.15) is 0 Å². The first-order valence-corrected chi connectivity index (χ1v) is 11.4. The fourth-order valence-electron chi connectivity index (χ4n) is 3.48. The molecule has 0 aliphatic carbocycles. The maximum absolute atomic E-state index is 12.4. The predicted molar refractivity (Wildman–Crippen MR) is 104 cm³/mol. The lowest BCUT2D eigenvalue weighted by Crippen LogP contribution is -2.48. The third kappa shape index (κ3) is 3.77. The predicted octanol–water partition coefficient (Wildman–Crippen LogP) is 2.16. The second-order valence-corrected chi connectivity index (χ2v) is 10.5. The van der Waals surface area contributed by atoms with Gasteiger partial charge < -0.3 is 14.8 Å². The average molecular weight is 421 g/mol. The summed E-state index contributed by atoms with van der Waals surface area (Å²) in [5, 5.41) is 2.67. The molecule has 4 rings (SSSR count). The number of amides is 1. The third-order valence-electron chi connectivity index (χ3n) is 4.80. The molecule has 1 saturated heterocycles. The molecule has 148 valence electrons. The van der Waals surface area contributed by atoms with Gasteiger partial charge in [-0.3, -0.25) is 4.79 Å². The van der Waals surface area contributed by atoms with E-state index in [0.717, 1.165) is 21.8 Å². The van der Waals surface area contributed by atoms with E-state index in [2.05, 4.69) is 5.32 Å². The number of carbonyl (C=O) groups is 2. The summed E-state index contributed by atoms with van der Waals surface area (Å²) in [4.78, 5) is 25.8.